The van der Waals surface area contributed by atoms with Crippen LogP contribution < -0.4 is 10.9 Å². The second kappa shape index (κ2) is 5.61. The summed E-state index contributed by atoms with van der Waals surface area (Å²) in [5.74, 6) is 0.957. The number of hydrogen-bond acceptors (Lipinski definition) is 4. The van der Waals surface area contributed by atoms with Crippen LogP contribution in [0.15, 0.2) is 29.4 Å². The summed E-state index contributed by atoms with van der Waals surface area (Å²) in [6, 6.07) is 6.02. The molecule has 5 nitrogen and oxygen atoms in total. The van der Waals surface area contributed by atoms with Crippen LogP contribution in [-0.4, -0.2) is 29.0 Å². The fourth-order valence-electron chi connectivity index (χ4n) is 1.00. The topological polar surface area (TPSA) is 81.9 Å². The van der Waals surface area contributed by atoms with Gasteiger partial charge in [0, 0.05) is 11.5 Å². The number of nitrogens with zero attached hydrogens (tertiary/aromatic N) is 1. The largest absolute Gasteiger partial charge is 0.488 e. The molecule has 1 aromatic carbocycles. The molecule has 3 N–H and O–H groups in total. The van der Waals surface area contributed by atoms with Crippen LogP contribution in [0.3, 0.4) is 0 Å². The summed E-state index contributed by atoms with van der Waals surface area (Å²) in [4.78, 5) is 11.4. The first-order valence-electron chi connectivity index (χ1n) is 4.15. The van der Waals surface area contributed by atoms with E-state index in [9.17, 15) is 4.79 Å². The Bertz CT molecular complexity index is 384. The Morgan fingerprint density at radius 1 is 1.53 bits per heavy atom. The van der Waals surface area contributed by atoms with Crippen molar-refractivity contribution < 1.29 is 14.8 Å². The molecule has 1 aromatic rings. The van der Waals surface area contributed by atoms with Gasteiger partial charge in [-0.15, -0.1) is 0 Å². The number of carbonyl (C=O) groups excluding carboxylic acids is 1. The number of hydrogen-bond donors (Lipinski definition) is 3. The van der Waals surface area contributed by atoms with Crippen LogP contribution in [0.4, 0.5) is 0 Å². The molecule has 0 aliphatic carbocycles. The zero-order chi connectivity index (χ0) is 11.3. The Kier molecular flexibility index (Phi) is 4.43. The highest BCUT2D eigenvalue weighted by atomic mass is 31.0. The summed E-state index contributed by atoms with van der Waals surface area (Å²) in [7, 11) is 0.640. The molecule has 0 saturated heterocycles. The molecule has 0 spiro atoms. The fourth-order valence-corrected chi connectivity index (χ4v) is 1.08. The normalized spacial score (nSPS) is 10.3. The lowest BCUT2D eigenvalue weighted by molar-refractivity contribution is 0.0955. The van der Waals surface area contributed by atoms with Crippen molar-refractivity contribution in [3.05, 3.63) is 29.8 Å². The van der Waals surface area contributed by atoms with Crippen LogP contribution in [0.25, 0.3) is 0 Å². The van der Waals surface area contributed by atoms with Gasteiger partial charge >= 0.3 is 7.12 Å². The molecule has 7 heteroatoms. The standard InChI is InChI=1S/C8H10BN2O3P/c12-8(11-10-5-15)6-2-1-3-7(4-6)9(13)14/h1-5,13-14H,15H2,(H,11,12)/b10-5+. The molecule has 0 radical (unpaired) electrons. The van der Waals surface area contributed by atoms with Gasteiger partial charge in [0.25, 0.3) is 5.91 Å². The van der Waals surface area contributed by atoms with Gasteiger partial charge in [-0.2, -0.15) is 5.10 Å². The van der Waals surface area contributed by atoms with Crippen LogP contribution in [0.5, 0.6) is 0 Å². The van der Waals surface area contributed by atoms with Gasteiger partial charge in [-0.1, -0.05) is 21.4 Å². The highest BCUT2D eigenvalue weighted by Crippen LogP contribution is 1.97. The van der Waals surface area contributed by atoms with Gasteiger partial charge < -0.3 is 10.0 Å². The number of benzene rings is 1. The van der Waals surface area contributed by atoms with E-state index in [-0.39, 0.29) is 5.46 Å². The van der Waals surface area contributed by atoms with E-state index in [4.69, 9.17) is 10.0 Å². The molecule has 0 fully saturated rings. The van der Waals surface area contributed by atoms with E-state index in [2.05, 4.69) is 19.8 Å². The average Bonchev–Trinajstić information content (AvgIpc) is 2.26. The highest BCUT2D eigenvalue weighted by molar-refractivity contribution is 7.36. The Morgan fingerprint density at radius 3 is 2.87 bits per heavy atom. The zero-order valence-corrected chi connectivity index (χ0v) is 8.95. The van der Waals surface area contributed by atoms with E-state index >= 15 is 0 Å². The first-order chi connectivity index (χ1) is 7.15. The highest BCUT2D eigenvalue weighted by Gasteiger charge is 2.13. The first kappa shape index (κ1) is 11.8. The lowest BCUT2D eigenvalue weighted by atomic mass is 9.79. The zero-order valence-electron chi connectivity index (χ0n) is 7.79. The summed E-state index contributed by atoms with van der Waals surface area (Å²) in [5, 5.41) is 21.3. The molecular weight excluding hydrogens is 214 g/mol. The molecule has 1 amide bonds. The molecule has 0 aliphatic heterocycles. The fraction of sp³-hybridized carbons (Fsp3) is 0. The van der Waals surface area contributed by atoms with E-state index in [0.29, 0.717) is 5.56 Å². The Morgan fingerprint density at radius 2 is 2.27 bits per heavy atom. The Labute approximate surface area is 89.5 Å². The second-order valence-corrected chi connectivity index (χ2v) is 3.02. The molecule has 78 valence electrons. The van der Waals surface area contributed by atoms with Crippen LogP contribution in [0, 0.1) is 0 Å². The van der Waals surface area contributed by atoms with Gasteiger partial charge in [0.1, 0.15) is 0 Å². The minimum Gasteiger partial charge on any atom is -0.423 e. The molecule has 0 heterocycles. The van der Waals surface area contributed by atoms with Crippen molar-refractivity contribution in [3.8, 4) is 0 Å². The van der Waals surface area contributed by atoms with Crippen molar-refractivity contribution in [1.82, 2.24) is 5.43 Å². The average molecular weight is 224 g/mol. The summed E-state index contributed by atoms with van der Waals surface area (Å²) >= 11 is 0. The van der Waals surface area contributed by atoms with Gasteiger partial charge in [-0.25, -0.2) is 5.43 Å². The number of carbonyl (C=O) groups is 1. The number of rotatable bonds is 3. The van der Waals surface area contributed by atoms with E-state index in [1.807, 2.05) is 0 Å². The minimum absolute atomic E-state index is 0.262. The van der Waals surface area contributed by atoms with E-state index in [1.54, 1.807) is 12.1 Å². The van der Waals surface area contributed by atoms with Gasteiger partial charge in [0.2, 0.25) is 0 Å². The van der Waals surface area contributed by atoms with Crippen molar-refractivity contribution in [2.24, 2.45) is 5.10 Å². The summed E-state index contributed by atoms with van der Waals surface area (Å²) in [6.07, 6.45) is 0. The Hall–Kier alpha value is -1.23. The molecule has 1 rings (SSSR count). The second-order valence-electron chi connectivity index (χ2n) is 2.72. The SMILES string of the molecule is O=C(N/N=C/P)c1cccc(B(O)O)c1. The molecule has 0 aromatic heterocycles. The summed E-state index contributed by atoms with van der Waals surface area (Å²) in [6.45, 7) is 0. The van der Waals surface area contributed by atoms with Gasteiger partial charge in [-0.3, -0.25) is 4.79 Å². The molecule has 1 unspecified atom stereocenters. The Balaban J connectivity index is 2.85. The predicted molar refractivity (Wildman–Crippen MR) is 61.9 cm³/mol. The van der Waals surface area contributed by atoms with E-state index < -0.39 is 13.0 Å². The third-order valence-corrected chi connectivity index (χ3v) is 1.84. The molecular formula is C8H10BN2O3P. The maximum atomic E-state index is 11.4. The lowest BCUT2D eigenvalue weighted by Gasteiger charge is -2.02. The molecule has 0 bridgehead atoms. The maximum absolute atomic E-state index is 11.4. The monoisotopic (exact) mass is 224 g/mol. The molecule has 15 heavy (non-hydrogen) atoms. The summed E-state index contributed by atoms with van der Waals surface area (Å²) in [5.41, 5.74) is 2.84. The third-order valence-electron chi connectivity index (χ3n) is 1.69. The minimum atomic E-state index is -1.58. The van der Waals surface area contributed by atoms with Crippen LogP contribution >= 0.6 is 9.24 Å². The van der Waals surface area contributed by atoms with Crippen LogP contribution in [-0.2, 0) is 0 Å². The first-order valence-corrected chi connectivity index (χ1v) is 4.81. The molecule has 0 saturated carbocycles. The summed E-state index contributed by atoms with van der Waals surface area (Å²) < 4.78 is 0. The third kappa shape index (κ3) is 3.44. The van der Waals surface area contributed by atoms with Crippen molar-refractivity contribution in [2.75, 3.05) is 0 Å². The van der Waals surface area contributed by atoms with Crippen molar-refractivity contribution in [2.45, 2.75) is 0 Å². The van der Waals surface area contributed by atoms with Crippen LogP contribution in [0.1, 0.15) is 10.4 Å². The smallest absolute Gasteiger partial charge is 0.423 e. The van der Waals surface area contributed by atoms with Crippen molar-refractivity contribution in [3.63, 3.8) is 0 Å². The van der Waals surface area contributed by atoms with Gasteiger partial charge in [-0.05, 0) is 17.6 Å². The molecule has 1 atom stereocenters. The predicted octanol–water partition coefficient (Wildman–Crippen LogP) is -1.09. The van der Waals surface area contributed by atoms with E-state index in [0.717, 1.165) is 0 Å². The maximum Gasteiger partial charge on any atom is 0.488 e. The van der Waals surface area contributed by atoms with E-state index in [1.165, 1.54) is 18.1 Å². The number of amides is 1. The van der Waals surface area contributed by atoms with Gasteiger partial charge in [0.05, 0.1) is 0 Å². The number of nitrogens with one attached hydrogen (secondary N) is 1. The van der Waals surface area contributed by atoms with Crippen molar-refractivity contribution in [1.29, 1.82) is 0 Å². The lowest BCUT2D eigenvalue weighted by Crippen LogP contribution is -2.31. The van der Waals surface area contributed by atoms with Crippen molar-refractivity contribution >= 4 is 33.7 Å². The number of hydrazone groups is 1. The van der Waals surface area contributed by atoms with Gasteiger partial charge in [0.15, 0.2) is 0 Å². The molecule has 0 aliphatic rings. The quantitative estimate of drug-likeness (QED) is 0.264. The van der Waals surface area contributed by atoms with Crippen LogP contribution in [0.2, 0.25) is 0 Å².